The van der Waals surface area contributed by atoms with Gasteiger partial charge in [0.2, 0.25) is 0 Å². The fourth-order valence-corrected chi connectivity index (χ4v) is 2.79. The lowest BCUT2D eigenvalue weighted by Gasteiger charge is -2.31. The van der Waals surface area contributed by atoms with Crippen LogP contribution < -0.4 is 0 Å². The third kappa shape index (κ3) is 4.76. The molecule has 1 aromatic carbocycles. The maximum atomic E-state index is 13.7. The summed E-state index contributed by atoms with van der Waals surface area (Å²) in [6.07, 6.45) is 3.91. The minimum Gasteiger partial charge on any atom is -0.465 e. The third-order valence-corrected chi connectivity index (χ3v) is 4.27. The number of piperidine rings is 1. The first kappa shape index (κ1) is 18.4. The molecule has 24 heavy (non-hydrogen) atoms. The van der Waals surface area contributed by atoms with Gasteiger partial charge in [-0.15, -0.1) is 0 Å². The molecule has 0 unspecified atom stereocenters. The minimum absolute atomic E-state index is 0.227. The monoisotopic (exact) mass is 339 g/mol. The van der Waals surface area contributed by atoms with Crippen molar-refractivity contribution in [1.29, 1.82) is 0 Å². The zero-order valence-electron chi connectivity index (χ0n) is 13.9. The normalized spacial score (nSPS) is 15.4. The van der Waals surface area contributed by atoms with Gasteiger partial charge in [-0.05, 0) is 37.5 Å². The molecule has 0 aliphatic carbocycles. The molecule has 0 spiro atoms. The first-order valence-corrected chi connectivity index (χ1v) is 8.44. The van der Waals surface area contributed by atoms with Crippen molar-refractivity contribution in [3.63, 3.8) is 0 Å². The van der Waals surface area contributed by atoms with E-state index >= 15 is 0 Å². The van der Waals surface area contributed by atoms with Crippen LogP contribution in [-0.4, -0.2) is 36.5 Å². The summed E-state index contributed by atoms with van der Waals surface area (Å²) in [6.45, 7) is 3.18. The maximum Gasteiger partial charge on any atom is 0.309 e. The molecule has 2 rings (SSSR count). The zero-order chi connectivity index (χ0) is 17.5. The van der Waals surface area contributed by atoms with Gasteiger partial charge in [0.05, 0.1) is 18.1 Å². The molecule has 1 saturated heterocycles. The molecule has 1 fully saturated rings. The predicted molar refractivity (Wildman–Crippen MR) is 85.5 cm³/mol. The average Bonchev–Trinajstić information content (AvgIpc) is 2.60. The van der Waals surface area contributed by atoms with Gasteiger partial charge in [-0.25, -0.2) is 8.78 Å². The number of amides is 1. The lowest BCUT2D eigenvalue weighted by molar-refractivity contribution is -0.150. The first-order chi connectivity index (χ1) is 11.5. The highest BCUT2D eigenvalue weighted by Crippen LogP contribution is 2.21. The van der Waals surface area contributed by atoms with Crippen LogP contribution in [0.2, 0.25) is 0 Å². The van der Waals surface area contributed by atoms with E-state index in [1.807, 2.05) is 0 Å². The Labute approximate surface area is 140 Å². The molecule has 0 N–H and O–H groups in total. The topological polar surface area (TPSA) is 46.6 Å². The summed E-state index contributed by atoms with van der Waals surface area (Å²) in [6, 6.07) is 2.83. The van der Waals surface area contributed by atoms with E-state index in [4.69, 9.17) is 4.74 Å². The molecule has 0 aromatic heterocycles. The lowest BCUT2D eigenvalue weighted by atomic mass is 9.96. The second kappa shape index (κ2) is 8.76. The van der Waals surface area contributed by atoms with Gasteiger partial charge in [-0.3, -0.25) is 9.59 Å². The summed E-state index contributed by atoms with van der Waals surface area (Å²) < 4.78 is 32.2. The van der Waals surface area contributed by atoms with Crippen LogP contribution in [0.3, 0.4) is 0 Å². The maximum absolute atomic E-state index is 13.7. The van der Waals surface area contributed by atoms with Crippen LogP contribution in [0.1, 0.15) is 49.4 Å². The van der Waals surface area contributed by atoms with Crippen LogP contribution in [0.5, 0.6) is 0 Å². The summed E-state index contributed by atoms with van der Waals surface area (Å²) in [4.78, 5) is 25.7. The number of halogens is 2. The van der Waals surface area contributed by atoms with Crippen LogP contribution in [0.4, 0.5) is 8.78 Å². The van der Waals surface area contributed by atoms with E-state index in [0.29, 0.717) is 32.5 Å². The van der Waals surface area contributed by atoms with Gasteiger partial charge in [-0.2, -0.15) is 0 Å². The molecular formula is C18H23F2NO3. The van der Waals surface area contributed by atoms with Gasteiger partial charge in [0.1, 0.15) is 11.6 Å². The minimum atomic E-state index is -0.737. The van der Waals surface area contributed by atoms with Crippen molar-refractivity contribution in [3.8, 4) is 0 Å². The van der Waals surface area contributed by atoms with Gasteiger partial charge >= 0.3 is 5.97 Å². The lowest BCUT2D eigenvalue weighted by Crippen LogP contribution is -2.41. The van der Waals surface area contributed by atoms with Gasteiger partial charge in [0.25, 0.3) is 5.91 Å². The second-order valence-corrected chi connectivity index (χ2v) is 6.07. The summed E-state index contributed by atoms with van der Waals surface area (Å²) in [5.41, 5.74) is -0.268. The molecule has 1 heterocycles. The average molecular weight is 339 g/mol. The third-order valence-electron chi connectivity index (χ3n) is 4.27. The van der Waals surface area contributed by atoms with E-state index in [1.165, 1.54) is 4.90 Å². The first-order valence-electron chi connectivity index (χ1n) is 8.44. The van der Waals surface area contributed by atoms with Crippen molar-refractivity contribution in [1.82, 2.24) is 4.90 Å². The highest BCUT2D eigenvalue weighted by Gasteiger charge is 2.29. The summed E-state index contributed by atoms with van der Waals surface area (Å²) in [5.74, 6) is -2.38. The smallest absolute Gasteiger partial charge is 0.309 e. The van der Waals surface area contributed by atoms with Crippen LogP contribution in [0, 0.1) is 17.6 Å². The SMILES string of the molecule is CCCCCOC(=O)C1CCN(C(=O)c2cc(F)ccc2F)CC1. The van der Waals surface area contributed by atoms with Crippen molar-refractivity contribution >= 4 is 11.9 Å². The van der Waals surface area contributed by atoms with Crippen molar-refractivity contribution < 1.29 is 23.1 Å². The van der Waals surface area contributed by atoms with Crippen LogP contribution in [0.25, 0.3) is 0 Å². The molecule has 132 valence electrons. The van der Waals surface area contributed by atoms with E-state index in [-0.39, 0.29) is 17.5 Å². The van der Waals surface area contributed by atoms with Crippen LogP contribution >= 0.6 is 0 Å². The molecule has 0 radical (unpaired) electrons. The molecule has 1 amide bonds. The van der Waals surface area contributed by atoms with Crippen molar-refractivity contribution in [2.24, 2.45) is 5.92 Å². The van der Waals surface area contributed by atoms with E-state index < -0.39 is 17.5 Å². The number of unbranched alkanes of at least 4 members (excludes halogenated alkanes) is 2. The Morgan fingerprint density at radius 2 is 1.92 bits per heavy atom. The number of hydrogen-bond donors (Lipinski definition) is 0. The number of rotatable bonds is 6. The number of esters is 1. The van der Waals surface area contributed by atoms with Crippen LogP contribution in [0.15, 0.2) is 18.2 Å². The Bertz CT molecular complexity index is 584. The largest absolute Gasteiger partial charge is 0.465 e. The Balaban J connectivity index is 1.85. The molecule has 1 aromatic rings. The van der Waals surface area contributed by atoms with Gasteiger partial charge in [-0.1, -0.05) is 19.8 Å². The molecule has 1 aliphatic rings. The standard InChI is InChI=1S/C18H23F2NO3/c1-2-3-4-11-24-18(23)13-7-9-21(10-8-13)17(22)15-12-14(19)5-6-16(15)20/h5-6,12-13H,2-4,7-11H2,1H3. The molecular weight excluding hydrogens is 316 g/mol. The molecule has 0 atom stereocenters. The Kier molecular flexibility index (Phi) is 6.70. The summed E-state index contributed by atoms with van der Waals surface area (Å²) in [5, 5.41) is 0. The predicted octanol–water partition coefficient (Wildman–Crippen LogP) is 3.55. The van der Waals surface area contributed by atoms with Crippen molar-refractivity contribution in [2.45, 2.75) is 39.0 Å². The quantitative estimate of drug-likeness (QED) is 0.588. The number of likely N-dealkylation sites (tertiary alicyclic amines) is 1. The van der Waals surface area contributed by atoms with Crippen molar-refractivity contribution in [3.05, 3.63) is 35.4 Å². The molecule has 6 heteroatoms. The number of ether oxygens (including phenoxy) is 1. The zero-order valence-corrected chi connectivity index (χ0v) is 13.9. The van der Waals surface area contributed by atoms with E-state index in [0.717, 1.165) is 37.5 Å². The summed E-state index contributed by atoms with van der Waals surface area (Å²) in [7, 11) is 0. The number of nitrogens with zero attached hydrogens (tertiary/aromatic N) is 1. The Morgan fingerprint density at radius 1 is 1.21 bits per heavy atom. The fourth-order valence-electron chi connectivity index (χ4n) is 2.79. The van der Waals surface area contributed by atoms with E-state index in [1.54, 1.807) is 0 Å². The number of benzene rings is 1. The second-order valence-electron chi connectivity index (χ2n) is 6.07. The number of carbonyl (C=O) groups is 2. The van der Waals surface area contributed by atoms with Gasteiger partial charge in [0, 0.05) is 13.1 Å². The molecule has 0 saturated carbocycles. The number of hydrogen-bond acceptors (Lipinski definition) is 3. The van der Waals surface area contributed by atoms with Gasteiger partial charge in [0.15, 0.2) is 0 Å². The van der Waals surface area contributed by atoms with Crippen molar-refractivity contribution in [2.75, 3.05) is 19.7 Å². The highest BCUT2D eigenvalue weighted by atomic mass is 19.1. The van der Waals surface area contributed by atoms with E-state index in [9.17, 15) is 18.4 Å². The molecule has 4 nitrogen and oxygen atoms in total. The highest BCUT2D eigenvalue weighted by molar-refractivity contribution is 5.94. The Morgan fingerprint density at radius 3 is 2.58 bits per heavy atom. The fraction of sp³-hybridized carbons (Fsp3) is 0.556. The molecule has 1 aliphatic heterocycles. The summed E-state index contributed by atoms with van der Waals surface area (Å²) >= 11 is 0. The Hall–Kier alpha value is -1.98. The molecule has 0 bridgehead atoms. The van der Waals surface area contributed by atoms with E-state index in [2.05, 4.69) is 6.92 Å². The van der Waals surface area contributed by atoms with Crippen LogP contribution in [-0.2, 0) is 9.53 Å². The van der Waals surface area contributed by atoms with Gasteiger partial charge < -0.3 is 9.64 Å². The number of carbonyl (C=O) groups excluding carboxylic acids is 2.